The first-order valence-electron chi connectivity index (χ1n) is 11.2. The Labute approximate surface area is 192 Å². The Balaban J connectivity index is 1.43. The van der Waals surface area contributed by atoms with E-state index in [0.717, 1.165) is 47.8 Å². The van der Waals surface area contributed by atoms with Gasteiger partial charge in [0.2, 0.25) is 0 Å². The van der Waals surface area contributed by atoms with Crippen LogP contribution in [0.5, 0.6) is 0 Å². The van der Waals surface area contributed by atoms with Crippen molar-refractivity contribution in [2.24, 2.45) is 0 Å². The zero-order valence-electron chi connectivity index (χ0n) is 18.6. The van der Waals surface area contributed by atoms with Gasteiger partial charge in [0.15, 0.2) is 5.69 Å². The summed E-state index contributed by atoms with van der Waals surface area (Å²) in [6.07, 6.45) is 4.27. The van der Waals surface area contributed by atoms with Crippen molar-refractivity contribution in [2.45, 2.75) is 33.0 Å². The van der Waals surface area contributed by atoms with Gasteiger partial charge in [-0.25, -0.2) is 4.79 Å². The molecule has 0 N–H and O–H groups in total. The summed E-state index contributed by atoms with van der Waals surface area (Å²) < 4.78 is 12.9. The highest BCUT2D eigenvalue weighted by Gasteiger charge is 2.29. The van der Waals surface area contributed by atoms with Crippen molar-refractivity contribution in [2.75, 3.05) is 13.2 Å². The van der Waals surface area contributed by atoms with E-state index in [1.807, 2.05) is 54.1 Å². The Bertz CT molecular complexity index is 1230. The molecule has 0 saturated heterocycles. The summed E-state index contributed by atoms with van der Waals surface area (Å²) in [7, 11) is 0. The number of nitrogens with zero attached hydrogens (tertiary/aromatic N) is 4. The SMILES string of the molecule is CCOC(=O)c1nn(Cc2ccccn2)c2c1CN(Cc1ccccc1-c1ccco1)CC2. The molecule has 0 unspecified atom stereocenters. The zero-order valence-corrected chi connectivity index (χ0v) is 18.6. The summed E-state index contributed by atoms with van der Waals surface area (Å²) in [5, 5.41) is 4.67. The van der Waals surface area contributed by atoms with Crippen LogP contribution in [0.25, 0.3) is 11.3 Å². The molecule has 0 spiro atoms. The third-order valence-corrected chi connectivity index (χ3v) is 5.92. The van der Waals surface area contributed by atoms with Gasteiger partial charge in [-0.15, -0.1) is 0 Å². The highest BCUT2D eigenvalue weighted by molar-refractivity contribution is 5.89. The highest BCUT2D eigenvalue weighted by Crippen LogP contribution is 2.29. The van der Waals surface area contributed by atoms with Crippen molar-refractivity contribution in [3.63, 3.8) is 0 Å². The molecule has 1 aromatic carbocycles. The molecule has 0 saturated carbocycles. The first kappa shape index (κ1) is 21.2. The van der Waals surface area contributed by atoms with Gasteiger partial charge in [0, 0.05) is 49.1 Å². The van der Waals surface area contributed by atoms with Gasteiger partial charge in [-0.05, 0) is 36.8 Å². The number of fused-ring (bicyclic) bond motifs is 1. The van der Waals surface area contributed by atoms with Crippen molar-refractivity contribution in [1.29, 1.82) is 0 Å². The second-order valence-electron chi connectivity index (χ2n) is 8.07. The van der Waals surface area contributed by atoms with Gasteiger partial charge in [-0.3, -0.25) is 14.6 Å². The van der Waals surface area contributed by atoms with Gasteiger partial charge in [0.25, 0.3) is 0 Å². The third kappa shape index (κ3) is 4.45. The lowest BCUT2D eigenvalue weighted by atomic mass is 10.0. The molecule has 1 aliphatic rings. The van der Waals surface area contributed by atoms with E-state index >= 15 is 0 Å². The molecular formula is C26H26N4O3. The maximum Gasteiger partial charge on any atom is 0.359 e. The molecule has 1 aliphatic heterocycles. The van der Waals surface area contributed by atoms with Crippen molar-refractivity contribution < 1.29 is 13.9 Å². The number of hydrogen-bond acceptors (Lipinski definition) is 6. The summed E-state index contributed by atoms with van der Waals surface area (Å²) in [5.74, 6) is 0.491. The van der Waals surface area contributed by atoms with Crippen molar-refractivity contribution in [3.05, 3.63) is 95.3 Å². The molecule has 0 bridgehead atoms. The van der Waals surface area contributed by atoms with E-state index in [9.17, 15) is 4.79 Å². The van der Waals surface area contributed by atoms with Crippen LogP contribution in [0.15, 0.2) is 71.5 Å². The van der Waals surface area contributed by atoms with E-state index in [1.165, 1.54) is 5.56 Å². The summed E-state index contributed by atoms with van der Waals surface area (Å²) >= 11 is 0. The van der Waals surface area contributed by atoms with Crippen LogP contribution >= 0.6 is 0 Å². The monoisotopic (exact) mass is 442 g/mol. The van der Waals surface area contributed by atoms with E-state index in [2.05, 4.69) is 27.1 Å². The number of rotatable bonds is 7. The van der Waals surface area contributed by atoms with Crippen LogP contribution in [0, 0.1) is 0 Å². The fourth-order valence-corrected chi connectivity index (χ4v) is 4.39. The molecule has 0 aliphatic carbocycles. The second kappa shape index (κ2) is 9.42. The minimum Gasteiger partial charge on any atom is -0.464 e. The topological polar surface area (TPSA) is 73.4 Å². The molecule has 5 rings (SSSR count). The molecule has 0 amide bonds. The Kier molecular flexibility index (Phi) is 6.04. The summed E-state index contributed by atoms with van der Waals surface area (Å²) in [6, 6.07) is 18.0. The largest absolute Gasteiger partial charge is 0.464 e. The number of carbonyl (C=O) groups excluding carboxylic acids is 1. The number of ether oxygens (including phenoxy) is 1. The molecule has 4 aromatic rings. The van der Waals surface area contributed by atoms with Gasteiger partial charge >= 0.3 is 5.97 Å². The smallest absolute Gasteiger partial charge is 0.359 e. The molecule has 33 heavy (non-hydrogen) atoms. The van der Waals surface area contributed by atoms with Gasteiger partial charge in [-0.2, -0.15) is 5.10 Å². The van der Waals surface area contributed by atoms with Gasteiger partial charge in [-0.1, -0.05) is 30.3 Å². The van der Waals surface area contributed by atoms with Crippen LogP contribution in [-0.4, -0.2) is 38.8 Å². The number of benzene rings is 1. The number of esters is 1. The second-order valence-corrected chi connectivity index (χ2v) is 8.07. The Morgan fingerprint density at radius 1 is 1.09 bits per heavy atom. The molecule has 168 valence electrons. The minimum absolute atomic E-state index is 0.320. The lowest BCUT2D eigenvalue weighted by molar-refractivity contribution is 0.0515. The number of aromatic nitrogens is 3. The van der Waals surface area contributed by atoms with E-state index in [4.69, 9.17) is 9.15 Å². The molecule has 7 heteroatoms. The molecule has 0 atom stereocenters. The Morgan fingerprint density at radius 3 is 2.76 bits per heavy atom. The van der Waals surface area contributed by atoms with Crippen molar-refractivity contribution in [3.8, 4) is 11.3 Å². The number of furan rings is 1. The van der Waals surface area contributed by atoms with Crippen LogP contribution in [0.4, 0.5) is 0 Å². The van der Waals surface area contributed by atoms with E-state index in [-0.39, 0.29) is 5.97 Å². The van der Waals surface area contributed by atoms with Crippen LogP contribution in [-0.2, 0) is 30.8 Å². The quantitative estimate of drug-likeness (QED) is 0.397. The fraction of sp³-hybridized carbons (Fsp3) is 0.269. The zero-order chi connectivity index (χ0) is 22.6. The number of hydrogen-bond donors (Lipinski definition) is 0. The van der Waals surface area contributed by atoms with Gasteiger partial charge in [0.05, 0.1) is 25.1 Å². The Morgan fingerprint density at radius 2 is 1.97 bits per heavy atom. The first-order chi connectivity index (χ1) is 16.2. The minimum atomic E-state index is -0.369. The molecule has 7 nitrogen and oxygen atoms in total. The van der Waals surface area contributed by atoms with E-state index in [1.54, 1.807) is 12.5 Å². The number of carbonyl (C=O) groups is 1. The molecule has 4 heterocycles. The predicted octanol–water partition coefficient (Wildman–Crippen LogP) is 4.32. The fourth-order valence-electron chi connectivity index (χ4n) is 4.39. The molecule has 0 fully saturated rings. The highest BCUT2D eigenvalue weighted by atomic mass is 16.5. The summed E-state index contributed by atoms with van der Waals surface area (Å²) in [4.78, 5) is 19.5. The van der Waals surface area contributed by atoms with Crippen LogP contribution in [0.2, 0.25) is 0 Å². The van der Waals surface area contributed by atoms with Crippen molar-refractivity contribution in [1.82, 2.24) is 19.7 Å². The standard InChI is InChI=1S/C26H26N4O3/c1-2-32-26(31)25-22-18-29(16-19-8-3-4-10-21(19)24-11-7-15-33-24)14-12-23(22)30(28-25)17-20-9-5-6-13-27-20/h3-11,13,15H,2,12,14,16-18H2,1H3. The van der Waals surface area contributed by atoms with Crippen LogP contribution in [0.3, 0.4) is 0 Å². The third-order valence-electron chi connectivity index (χ3n) is 5.92. The average molecular weight is 443 g/mol. The van der Waals surface area contributed by atoms with Crippen LogP contribution < -0.4 is 0 Å². The van der Waals surface area contributed by atoms with Gasteiger partial charge in [0.1, 0.15) is 5.76 Å². The molecular weight excluding hydrogens is 416 g/mol. The lowest BCUT2D eigenvalue weighted by Gasteiger charge is -2.28. The lowest BCUT2D eigenvalue weighted by Crippen LogP contribution is -2.31. The maximum absolute atomic E-state index is 12.7. The maximum atomic E-state index is 12.7. The van der Waals surface area contributed by atoms with E-state index in [0.29, 0.717) is 25.4 Å². The van der Waals surface area contributed by atoms with Gasteiger partial charge < -0.3 is 9.15 Å². The normalized spacial score (nSPS) is 13.6. The average Bonchev–Trinajstić information content (AvgIpc) is 3.49. The summed E-state index contributed by atoms with van der Waals surface area (Å²) in [5.41, 5.74) is 5.63. The van der Waals surface area contributed by atoms with E-state index < -0.39 is 0 Å². The Hall–Kier alpha value is -3.71. The van der Waals surface area contributed by atoms with Crippen LogP contribution in [0.1, 0.15) is 39.9 Å². The molecule has 3 aromatic heterocycles. The first-order valence-corrected chi connectivity index (χ1v) is 11.2. The van der Waals surface area contributed by atoms with Crippen molar-refractivity contribution >= 4 is 5.97 Å². The summed E-state index contributed by atoms with van der Waals surface area (Å²) in [6.45, 7) is 4.93. The molecule has 0 radical (unpaired) electrons. The predicted molar refractivity (Wildman–Crippen MR) is 123 cm³/mol. The number of pyridine rings is 1.